The molecule has 0 radical (unpaired) electrons. The first-order chi connectivity index (χ1) is 15.0. The quantitative estimate of drug-likeness (QED) is 0.411. The molecule has 158 valence electrons. The standard InChI is InChI=1S/C24H23ClN4O2/c1-4-21-22(16(2)31-27-21)24(30)28(3)14-18-15-29(20-8-6-5-7-9-20)26-23(18)17-10-12-19(25)13-11-17/h5-13,15H,4,14H2,1-3H3. The maximum Gasteiger partial charge on any atom is 0.259 e. The van der Waals surface area contributed by atoms with E-state index in [2.05, 4.69) is 5.16 Å². The van der Waals surface area contributed by atoms with Crippen molar-refractivity contribution in [1.29, 1.82) is 0 Å². The molecule has 0 N–H and O–H groups in total. The summed E-state index contributed by atoms with van der Waals surface area (Å²) in [6, 6.07) is 17.4. The molecule has 31 heavy (non-hydrogen) atoms. The highest BCUT2D eigenvalue weighted by Crippen LogP contribution is 2.27. The summed E-state index contributed by atoms with van der Waals surface area (Å²) in [5, 5.41) is 9.48. The van der Waals surface area contributed by atoms with Gasteiger partial charge in [0, 0.05) is 35.9 Å². The van der Waals surface area contributed by atoms with E-state index in [1.165, 1.54) is 0 Å². The molecule has 0 bridgehead atoms. The molecule has 7 heteroatoms. The summed E-state index contributed by atoms with van der Waals surface area (Å²) in [5.74, 6) is 0.414. The number of halogens is 1. The molecule has 0 fully saturated rings. The molecule has 0 atom stereocenters. The van der Waals surface area contributed by atoms with Crippen LogP contribution in [0.4, 0.5) is 0 Å². The third-order valence-corrected chi connectivity index (χ3v) is 5.42. The zero-order valence-corrected chi connectivity index (χ0v) is 18.4. The van der Waals surface area contributed by atoms with Gasteiger partial charge in [-0.1, -0.05) is 54.0 Å². The highest BCUT2D eigenvalue weighted by Gasteiger charge is 2.24. The Bertz CT molecular complexity index is 1200. The Morgan fingerprint density at radius 3 is 2.52 bits per heavy atom. The van der Waals surface area contributed by atoms with Crippen LogP contribution in [-0.4, -0.2) is 32.8 Å². The molecule has 2 aromatic heterocycles. The fourth-order valence-electron chi connectivity index (χ4n) is 3.54. The minimum Gasteiger partial charge on any atom is -0.361 e. The van der Waals surface area contributed by atoms with Gasteiger partial charge in [-0.25, -0.2) is 4.68 Å². The summed E-state index contributed by atoms with van der Waals surface area (Å²) in [6.07, 6.45) is 2.60. The first-order valence-electron chi connectivity index (χ1n) is 10.1. The second-order valence-corrected chi connectivity index (χ2v) is 7.80. The number of nitrogens with zero attached hydrogens (tertiary/aromatic N) is 4. The van der Waals surface area contributed by atoms with Crippen LogP contribution in [0.15, 0.2) is 65.3 Å². The van der Waals surface area contributed by atoms with E-state index in [1.807, 2.05) is 72.4 Å². The van der Waals surface area contributed by atoms with Crippen LogP contribution < -0.4 is 0 Å². The summed E-state index contributed by atoms with van der Waals surface area (Å²) < 4.78 is 7.08. The van der Waals surface area contributed by atoms with Crippen LogP contribution >= 0.6 is 11.6 Å². The normalized spacial score (nSPS) is 11.0. The van der Waals surface area contributed by atoms with Gasteiger partial charge in [-0.15, -0.1) is 0 Å². The molecule has 0 aliphatic heterocycles. The number of hydrogen-bond donors (Lipinski definition) is 0. The summed E-state index contributed by atoms with van der Waals surface area (Å²) in [5.41, 5.74) is 4.82. The van der Waals surface area contributed by atoms with Gasteiger partial charge in [0.15, 0.2) is 0 Å². The fourth-order valence-corrected chi connectivity index (χ4v) is 3.67. The number of aromatic nitrogens is 3. The Morgan fingerprint density at radius 2 is 1.84 bits per heavy atom. The first-order valence-corrected chi connectivity index (χ1v) is 10.5. The second kappa shape index (κ2) is 8.78. The van der Waals surface area contributed by atoms with Crippen molar-refractivity contribution >= 4 is 17.5 Å². The van der Waals surface area contributed by atoms with Crippen LogP contribution in [0.3, 0.4) is 0 Å². The Labute approximate surface area is 186 Å². The molecular weight excluding hydrogens is 412 g/mol. The summed E-state index contributed by atoms with van der Waals surface area (Å²) in [6.45, 7) is 4.10. The van der Waals surface area contributed by atoms with Crippen LogP contribution in [0.2, 0.25) is 5.02 Å². The Kier molecular flexibility index (Phi) is 5.91. The Morgan fingerprint density at radius 1 is 1.13 bits per heavy atom. The lowest BCUT2D eigenvalue weighted by molar-refractivity contribution is 0.0782. The summed E-state index contributed by atoms with van der Waals surface area (Å²) in [4.78, 5) is 14.8. The molecule has 2 aromatic carbocycles. The molecule has 0 saturated heterocycles. The average molecular weight is 435 g/mol. The molecular formula is C24H23ClN4O2. The zero-order chi connectivity index (χ0) is 22.0. The van der Waals surface area contributed by atoms with Crippen LogP contribution in [-0.2, 0) is 13.0 Å². The molecule has 1 amide bonds. The van der Waals surface area contributed by atoms with Gasteiger partial charge in [-0.2, -0.15) is 5.10 Å². The number of carbonyl (C=O) groups excluding carboxylic acids is 1. The van der Waals surface area contributed by atoms with Gasteiger partial charge in [0.05, 0.1) is 17.1 Å². The maximum absolute atomic E-state index is 13.2. The number of rotatable bonds is 6. The van der Waals surface area contributed by atoms with E-state index in [4.69, 9.17) is 21.2 Å². The predicted molar refractivity (Wildman–Crippen MR) is 120 cm³/mol. The Balaban J connectivity index is 1.71. The lowest BCUT2D eigenvalue weighted by Crippen LogP contribution is -2.27. The average Bonchev–Trinajstić information content (AvgIpc) is 3.37. The van der Waals surface area contributed by atoms with Crippen molar-refractivity contribution in [3.63, 3.8) is 0 Å². The van der Waals surface area contributed by atoms with E-state index in [1.54, 1.807) is 18.9 Å². The minimum absolute atomic E-state index is 0.120. The number of hydrogen-bond acceptors (Lipinski definition) is 4. The number of amides is 1. The first kappa shape index (κ1) is 20.9. The molecule has 2 heterocycles. The molecule has 0 aliphatic rings. The van der Waals surface area contributed by atoms with E-state index in [0.29, 0.717) is 35.0 Å². The van der Waals surface area contributed by atoms with Gasteiger partial charge in [-0.05, 0) is 37.6 Å². The van der Waals surface area contributed by atoms with E-state index in [0.717, 1.165) is 22.5 Å². The Hall–Kier alpha value is -3.38. The highest BCUT2D eigenvalue weighted by molar-refractivity contribution is 6.30. The van der Waals surface area contributed by atoms with Crippen molar-refractivity contribution in [1.82, 2.24) is 19.8 Å². The van der Waals surface area contributed by atoms with Crippen LogP contribution in [0.5, 0.6) is 0 Å². The van der Waals surface area contributed by atoms with E-state index < -0.39 is 0 Å². The van der Waals surface area contributed by atoms with Gasteiger partial charge in [-0.3, -0.25) is 4.79 Å². The second-order valence-electron chi connectivity index (χ2n) is 7.37. The number of aryl methyl sites for hydroxylation is 2. The van der Waals surface area contributed by atoms with Crippen LogP contribution in [0.25, 0.3) is 16.9 Å². The van der Waals surface area contributed by atoms with Gasteiger partial charge in [0.2, 0.25) is 0 Å². The predicted octanol–water partition coefficient (Wildman–Crippen LogP) is 5.32. The highest BCUT2D eigenvalue weighted by atomic mass is 35.5. The molecule has 4 aromatic rings. The molecule has 0 aliphatic carbocycles. The van der Waals surface area contributed by atoms with Crippen molar-refractivity contribution in [2.45, 2.75) is 26.8 Å². The van der Waals surface area contributed by atoms with Crippen molar-refractivity contribution in [2.75, 3.05) is 7.05 Å². The van der Waals surface area contributed by atoms with Gasteiger partial charge in [0.25, 0.3) is 5.91 Å². The number of carbonyl (C=O) groups is 1. The summed E-state index contributed by atoms with van der Waals surface area (Å²) in [7, 11) is 1.78. The monoisotopic (exact) mass is 434 g/mol. The molecule has 4 rings (SSSR count). The smallest absolute Gasteiger partial charge is 0.259 e. The number of benzene rings is 2. The van der Waals surface area contributed by atoms with Crippen LogP contribution in [0, 0.1) is 6.92 Å². The van der Waals surface area contributed by atoms with Crippen LogP contribution in [0.1, 0.15) is 34.3 Å². The SMILES string of the molecule is CCc1noc(C)c1C(=O)N(C)Cc1cn(-c2ccccc2)nc1-c1ccc(Cl)cc1. The van der Waals surface area contributed by atoms with E-state index >= 15 is 0 Å². The van der Waals surface area contributed by atoms with Gasteiger partial charge in [0.1, 0.15) is 11.3 Å². The van der Waals surface area contributed by atoms with E-state index in [9.17, 15) is 4.79 Å². The fraction of sp³-hybridized carbons (Fsp3) is 0.208. The third-order valence-electron chi connectivity index (χ3n) is 5.16. The van der Waals surface area contributed by atoms with E-state index in [-0.39, 0.29) is 5.91 Å². The lowest BCUT2D eigenvalue weighted by Gasteiger charge is -2.17. The minimum atomic E-state index is -0.120. The maximum atomic E-state index is 13.2. The van der Waals surface area contributed by atoms with Crippen molar-refractivity contribution in [2.24, 2.45) is 0 Å². The van der Waals surface area contributed by atoms with Crippen molar-refractivity contribution in [3.05, 3.63) is 88.4 Å². The zero-order valence-electron chi connectivity index (χ0n) is 17.7. The molecule has 0 saturated carbocycles. The third kappa shape index (κ3) is 4.25. The number of para-hydroxylation sites is 1. The lowest BCUT2D eigenvalue weighted by atomic mass is 10.1. The topological polar surface area (TPSA) is 64.2 Å². The van der Waals surface area contributed by atoms with Crippen molar-refractivity contribution < 1.29 is 9.32 Å². The van der Waals surface area contributed by atoms with Gasteiger partial charge >= 0.3 is 0 Å². The largest absolute Gasteiger partial charge is 0.361 e. The molecule has 0 unspecified atom stereocenters. The van der Waals surface area contributed by atoms with Crippen molar-refractivity contribution in [3.8, 4) is 16.9 Å². The molecule has 6 nitrogen and oxygen atoms in total. The summed E-state index contributed by atoms with van der Waals surface area (Å²) >= 11 is 6.07. The molecule has 0 spiro atoms. The van der Waals surface area contributed by atoms with Gasteiger partial charge < -0.3 is 9.42 Å².